The van der Waals surface area contributed by atoms with Crippen LogP contribution in [-0.2, 0) is 6.54 Å². The highest BCUT2D eigenvalue weighted by molar-refractivity contribution is 9.10. The van der Waals surface area contributed by atoms with E-state index in [0.717, 1.165) is 0 Å². The molecule has 0 bridgehead atoms. The molecule has 1 aromatic heterocycles. The SMILES string of the molecule is Cc1c([N+](=O)[O-])cn(CCC(C)O)c(=O)c1Br. The fourth-order valence-corrected chi connectivity index (χ4v) is 1.81. The van der Waals surface area contributed by atoms with E-state index in [9.17, 15) is 14.9 Å². The van der Waals surface area contributed by atoms with Gasteiger partial charge in [0.1, 0.15) is 0 Å². The van der Waals surface area contributed by atoms with Gasteiger partial charge < -0.3 is 9.67 Å². The van der Waals surface area contributed by atoms with Crippen LogP contribution in [0.3, 0.4) is 0 Å². The van der Waals surface area contributed by atoms with Gasteiger partial charge in [-0.25, -0.2) is 0 Å². The van der Waals surface area contributed by atoms with E-state index in [0.29, 0.717) is 12.0 Å². The van der Waals surface area contributed by atoms with Gasteiger partial charge in [0.2, 0.25) is 0 Å². The first-order valence-corrected chi connectivity index (χ1v) is 5.86. The van der Waals surface area contributed by atoms with Crippen LogP contribution in [0.25, 0.3) is 0 Å². The van der Waals surface area contributed by atoms with Crippen molar-refractivity contribution < 1.29 is 10.0 Å². The van der Waals surface area contributed by atoms with Crippen molar-refractivity contribution in [3.05, 3.63) is 36.7 Å². The van der Waals surface area contributed by atoms with Crippen molar-refractivity contribution >= 4 is 21.6 Å². The molecule has 0 amide bonds. The summed E-state index contributed by atoms with van der Waals surface area (Å²) in [6.45, 7) is 3.36. The third-order valence-corrected chi connectivity index (χ3v) is 3.36. The van der Waals surface area contributed by atoms with Crippen molar-refractivity contribution in [2.75, 3.05) is 0 Å². The van der Waals surface area contributed by atoms with Gasteiger partial charge in [0, 0.05) is 12.1 Å². The number of halogens is 1. The van der Waals surface area contributed by atoms with E-state index in [4.69, 9.17) is 5.11 Å². The molecule has 0 aliphatic carbocycles. The molecule has 0 saturated carbocycles. The summed E-state index contributed by atoms with van der Waals surface area (Å²) < 4.78 is 1.43. The molecular formula is C10H13BrN2O4. The zero-order chi connectivity index (χ0) is 13.2. The van der Waals surface area contributed by atoms with Gasteiger partial charge in [-0.2, -0.15) is 0 Å². The highest BCUT2D eigenvalue weighted by Gasteiger charge is 2.18. The minimum absolute atomic E-state index is 0.109. The van der Waals surface area contributed by atoms with Crippen LogP contribution >= 0.6 is 15.9 Å². The van der Waals surface area contributed by atoms with Crippen molar-refractivity contribution in [3.63, 3.8) is 0 Å². The molecule has 0 aliphatic rings. The lowest BCUT2D eigenvalue weighted by Crippen LogP contribution is -2.23. The molecule has 6 nitrogen and oxygen atoms in total. The number of rotatable bonds is 4. The van der Waals surface area contributed by atoms with Gasteiger partial charge in [-0.1, -0.05) is 0 Å². The average molecular weight is 305 g/mol. The van der Waals surface area contributed by atoms with Gasteiger partial charge in [0.15, 0.2) is 0 Å². The molecule has 0 aromatic carbocycles. The number of nitrogens with zero attached hydrogens (tertiary/aromatic N) is 2. The Morgan fingerprint density at radius 2 is 2.24 bits per heavy atom. The van der Waals surface area contributed by atoms with Crippen molar-refractivity contribution in [2.45, 2.75) is 32.9 Å². The van der Waals surface area contributed by atoms with Crippen LogP contribution in [0.15, 0.2) is 15.5 Å². The minimum atomic E-state index is -0.555. The number of nitro groups is 1. The molecule has 1 unspecified atom stereocenters. The number of aliphatic hydroxyl groups is 1. The van der Waals surface area contributed by atoms with E-state index in [1.165, 1.54) is 17.7 Å². The smallest absolute Gasteiger partial charge is 0.289 e. The highest BCUT2D eigenvalue weighted by atomic mass is 79.9. The van der Waals surface area contributed by atoms with Crippen LogP contribution in [0.4, 0.5) is 5.69 Å². The molecule has 0 aliphatic heterocycles. The van der Waals surface area contributed by atoms with E-state index < -0.39 is 11.0 Å². The third-order valence-electron chi connectivity index (χ3n) is 2.42. The summed E-state index contributed by atoms with van der Waals surface area (Å²) >= 11 is 3.06. The Morgan fingerprint density at radius 1 is 1.65 bits per heavy atom. The minimum Gasteiger partial charge on any atom is -0.393 e. The lowest BCUT2D eigenvalue weighted by atomic mass is 10.2. The van der Waals surface area contributed by atoms with Gasteiger partial charge >= 0.3 is 0 Å². The number of hydrogen-bond acceptors (Lipinski definition) is 4. The summed E-state index contributed by atoms with van der Waals surface area (Å²) in [5, 5.41) is 19.9. The topological polar surface area (TPSA) is 85.4 Å². The van der Waals surface area contributed by atoms with Crippen LogP contribution in [0.5, 0.6) is 0 Å². The van der Waals surface area contributed by atoms with Gasteiger partial charge in [0.05, 0.1) is 21.7 Å². The highest BCUT2D eigenvalue weighted by Crippen LogP contribution is 2.22. The van der Waals surface area contributed by atoms with Crippen molar-refractivity contribution in [1.29, 1.82) is 0 Å². The molecule has 17 heavy (non-hydrogen) atoms. The fourth-order valence-electron chi connectivity index (χ4n) is 1.38. The largest absolute Gasteiger partial charge is 0.393 e. The van der Waals surface area contributed by atoms with Crippen molar-refractivity contribution in [3.8, 4) is 0 Å². The zero-order valence-corrected chi connectivity index (χ0v) is 11.1. The molecule has 0 radical (unpaired) electrons. The maximum atomic E-state index is 11.8. The maximum Gasteiger partial charge on any atom is 0.289 e. The van der Waals surface area contributed by atoms with Crippen LogP contribution in [0, 0.1) is 17.0 Å². The Kier molecular flexibility index (Phi) is 4.41. The van der Waals surface area contributed by atoms with Crippen molar-refractivity contribution in [1.82, 2.24) is 4.57 Å². The third kappa shape index (κ3) is 3.13. The summed E-state index contributed by atoms with van der Waals surface area (Å²) in [5.74, 6) is 0. The normalized spacial score (nSPS) is 12.5. The van der Waals surface area contributed by atoms with E-state index in [1.807, 2.05) is 0 Å². The lowest BCUT2D eigenvalue weighted by molar-refractivity contribution is -0.386. The Morgan fingerprint density at radius 3 is 2.71 bits per heavy atom. The number of aryl methyl sites for hydroxylation is 1. The molecule has 0 spiro atoms. The standard InChI is InChI=1S/C10H13BrN2O4/c1-6(14)3-4-12-5-8(13(16)17)7(2)9(11)10(12)15/h5-6,14H,3-4H2,1-2H3. The first-order chi connectivity index (χ1) is 7.84. The second-order valence-corrected chi connectivity index (χ2v) is 4.64. The molecule has 1 atom stereocenters. The van der Waals surface area contributed by atoms with E-state index in [2.05, 4.69) is 15.9 Å². The molecule has 1 heterocycles. The summed E-state index contributed by atoms with van der Waals surface area (Å²) in [7, 11) is 0. The summed E-state index contributed by atoms with van der Waals surface area (Å²) in [6, 6.07) is 0. The quantitative estimate of drug-likeness (QED) is 0.676. The predicted octanol–water partition coefficient (Wildman–Crippen LogP) is 1.60. The molecule has 0 fully saturated rings. The van der Waals surface area contributed by atoms with Crippen LogP contribution in [0.1, 0.15) is 18.9 Å². The molecule has 1 rings (SSSR count). The van der Waals surface area contributed by atoms with E-state index in [-0.39, 0.29) is 22.3 Å². The van der Waals surface area contributed by atoms with Crippen molar-refractivity contribution in [2.24, 2.45) is 0 Å². The summed E-state index contributed by atoms with van der Waals surface area (Å²) in [6.07, 6.45) is 1.03. The molecule has 1 N–H and O–H groups in total. The predicted molar refractivity (Wildman–Crippen MR) is 66.1 cm³/mol. The van der Waals surface area contributed by atoms with E-state index in [1.54, 1.807) is 6.92 Å². The first-order valence-electron chi connectivity index (χ1n) is 5.06. The zero-order valence-electron chi connectivity index (χ0n) is 9.51. The van der Waals surface area contributed by atoms with Gasteiger partial charge in [-0.05, 0) is 36.2 Å². The van der Waals surface area contributed by atoms with E-state index >= 15 is 0 Å². The van der Waals surface area contributed by atoms with Gasteiger partial charge in [0.25, 0.3) is 11.2 Å². The molecule has 1 aromatic rings. The average Bonchev–Trinajstić information content (AvgIpc) is 2.24. The summed E-state index contributed by atoms with van der Waals surface area (Å²) in [4.78, 5) is 22.1. The van der Waals surface area contributed by atoms with Gasteiger partial charge in [-0.15, -0.1) is 0 Å². The monoisotopic (exact) mass is 304 g/mol. The summed E-state index contributed by atoms with van der Waals surface area (Å²) in [5.41, 5.74) is -0.121. The Bertz CT molecular complexity index is 496. The Hall–Kier alpha value is -1.21. The Labute approximate surface area is 106 Å². The molecule has 0 saturated heterocycles. The van der Waals surface area contributed by atoms with Gasteiger partial charge in [-0.3, -0.25) is 14.9 Å². The number of aromatic nitrogens is 1. The number of pyridine rings is 1. The second-order valence-electron chi connectivity index (χ2n) is 3.85. The first kappa shape index (κ1) is 13.9. The molecule has 7 heteroatoms. The number of hydrogen-bond donors (Lipinski definition) is 1. The molecular weight excluding hydrogens is 292 g/mol. The fraction of sp³-hybridized carbons (Fsp3) is 0.500. The number of aliphatic hydroxyl groups excluding tert-OH is 1. The maximum absolute atomic E-state index is 11.8. The lowest BCUT2D eigenvalue weighted by Gasteiger charge is -2.09. The van der Waals surface area contributed by atoms with Crippen LogP contribution in [-0.4, -0.2) is 20.7 Å². The second kappa shape index (κ2) is 5.42. The van der Waals surface area contributed by atoms with Crippen LogP contribution < -0.4 is 5.56 Å². The van der Waals surface area contributed by atoms with Crippen LogP contribution in [0.2, 0.25) is 0 Å². The molecule has 94 valence electrons. The Balaban J connectivity index is 3.23.